The fraction of sp³-hybridized carbons (Fsp3) is 0.727. The summed E-state index contributed by atoms with van der Waals surface area (Å²) >= 11 is 0. The Labute approximate surface area is 89.7 Å². The number of aromatic amines is 1. The zero-order valence-electron chi connectivity index (χ0n) is 9.47. The van der Waals surface area contributed by atoms with Crippen LogP contribution in [0.4, 0.5) is 0 Å². The van der Waals surface area contributed by atoms with Crippen LogP contribution < -0.4 is 10.9 Å². The molecule has 1 heterocycles. The molecule has 2 rings (SSSR count). The van der Waals surface area contributed by atoms with E-state index < -0.39 is 0 Å². The number of rotatable bonds is 3. The Morgan fingerprint density at radius 2 is 2.13 bits per heavy atom. The zero-order chi connectivity index (χ0) is 10.8. The molecule has 0 spiro atoms. The maximum atomic E-state index is 11.8. The molecule has 15 heavy (non-hydrogen) atoms. The average molecular weight is 209 g/mol. The van der Waals surface area contributed by atoms with Gasteiger partial charge in [0.2, 0.25) is 0 Å². The van der Waals surface area contributed by atoms with Crippen molar-refractivity contribution < 1.29 is 0 Å². The highest BCUT2D eigenvalue weighted by Gasteiger charge is 2.23. The second-order valence-corrected chi connectivity index (χ2v) is 4.38. The van der Waals surface area contributed by atoms with Crippen LogP contribution in [-0.2, 0) is 13.6 Å². The van der Waals surface area contributed by atoms with Crippen LogP contribution in [0.25, 0.3) is 0 Å². The molecule has 1 aromatic heterocycles. The predicted molar refractivity (Wildman–Crippen MR) is 60.0 cm³/mol. The summed E-state index contributed by atoms with van der Waals surface area (Å²) in [5.41, 5.74) is 2.20. The summed E-state index contributed by atoms with van der Waals surface area (Å²) in [6, 6.07) is 0. The first-order chi connectivity index (χ1) is 7.24. The summed E-state index contributed by atoms with van der Waals surface area (Å²) in [5, 5.41) is 6.27. The van der Waals surface area contributed by atoms with E-state index in [0.29, 0.717) is 12.5 Å². The van der Waals surface area contributed by atoms with E-state index in [0.717, 1.165) is 11.3 Å². The van der Waals surface area contributed by atoms with Gasteiger partial charge in [-0.15, -0.1) is 0 Å². The predicted octanol–water partition coefficient (Wildman–Crippen LogP) is 1.09. The van der Waals surface area contributed by atoms with Crippen LogP contribution in [0.2, 0.25) is 0 Å². The van der Waals surface area contributed by atoms with Crippen molar-refractivity contribution in [3.8, 4) is 0 Å². The molecule has 84 valence electrons. The maximum Gasteiger partial charge on any atom is 0.270 e. The monoisotopic (exact) mass is 209 g/mol. The lowest BCUT2D eigenvalue weighted by Gasteiger charge is -2.08. The molecule has 0 bridgehead atoms. The van der Waals surface area contributed by atoms with Crippen LogP contribution in [0.5, 0.6) is 0 Å². The summed E-state index contributed by atoms with van der Waals surface area (Å²) in [4.78, 5) is 11.8. The summed E-state index contributed by atoms with van der Waals surface area (Å²) in [7, 11) is 3.67. The van der Waals surface area contributed by atoms with Gasteiger partial charge in [-0.3, -0.25) is 14.6 Å². The number of nitrogens with zero attached hydrogens (tertiary/aromatic N) is 1. The van der Waals surface area contributed by atoms with Gasteiger partial charge in [0.1, 0.15) is 0 Å². The summed E-state index contributed by atoms with van der Waals surface area (Å²) < 4.78 is 1.60. The van der Waals surface area contributed by atoms with Crippen molar-refractivity contribution in [2.75, 3.05) is 7.05 Å². The molecule has 0 radical (unpaired) electrons. The molecule has 0 unspecified atom stereocenters. The third-order valence-corrected chi connectivity index (χ3v) is 3.29. The van der Waals surface area contributed by atoms with E-state index in [1.54, 1.807) is 11.7 Å². The molecule has 0 aromatic carbocycles. The molecule has 1 aliphatic carbocycles. The first-order valence-corrected chi connectivity index (χ1v) is 5.66. The molecule has 0 aliphatic heterocycles. The van der Waals surface area contributed by atoms with Crippen LogP contribution in [0.3, 0.4) is 0 Å². The highest BCUT2D eigenvalue weighted by molar-refractivity contribution is 5.22. The Morgan fingerprint density at radius 1 is 1.47 bits per heavy atom. The van der Waals surface area contributed by atoms with Crippen molar-refractivity contribution in [1.82, 2.24) is 15.1 Å². The van der Waals surface area contributed by atoms with E-state index in [1.165, 1.54) is 25.7 Å². The lowest BCUT2D eigenvalue weighted by molar-refractivity contribution is 0.647. The Balaban J connectivity index is 2.36. The van der Waals surface area contributed by atoms with E-state index >= 15 is 0 Å². The first kappa shape index (κ1) is 10.5. The van der Waals surface area contributed by atoms with Gasteiger partial charge in [0.25, 0.3) is 5.56 Å². The quantitative estimate of drug-likeness (QED) is 0.783. The number of aryl methyl sites for hydroxylation is 1. The largest absolute Gasteiger partial charge is 0.315 e. The molecule has 4 nitrogen and oxygen atoms in total. The van der Waals surface area contributed by atoms with E-state index in [1.807, 2.05) is 7.05 Å². The van der Waals surface area contributed by atoms with Crippen molar-refractivity contribution in [3.05, 3.63) is 21.6 Å². The molecule has 1 aliphatic rings. The van der Waals surface area contributed by atoms with Crippen molar-refractivity contribution >= 4 is 0 Å². The molecule has 1 aromatic rings. The molecule has 0 amide bonds. The number of nitrogens with one attached hydrogen (secondary N) is 2. The molecule has 0 saturated heterocycles. The molecular formula is C11H19N3O. The van der Waals surface area contributed by atoms with Crippen molar-refractivity contribution in [1.29, 1.82) is 0 Å². The number of H-pyrrole nitrogens is 1. The van der Waals surface area contributed by atoms with Gasteiger partial charge in [0.15, 0.2) is 0 Å². The second kappa shape index (κ2) is 4.23. The molecule has 4 heteroatoms. The van der Waals surface area contributed by atoms with E-state index in [2.05, 4.69) is 10.4 Å². The van der Waals surface area contributed by atoms with E-state index in [-0.39, 0.29) is 5.56 Å². The Hall–Kier alpha value is -1.03. The SMILES string of the molecule is CNCc1c(C2CCCC2)[nH]n(C)c1=O. The molecule has 1 fully saturated rings. The minimum atomic E-state index is 0.117. The Morgan fingerprint density at radius 3 is 2.73 bits per heavy atom. The summed E-state index contributed by atoms with van der Waals surface area (Å²) in [5.74, 6) is 0.572. The fourth-order valence-corrected chi connectivity index (χ4v) is 2.52. The zero-order valence-corrected chi connectivity index (χ0v) is 9.47. The van der Waals surface area contributed by atoms with Gasteiger partial charge < -0.3 is 5.32 Å². The average Bonchev–Trinajstić information content (AvgIpc) is 2.81. The Bertz CT molecular complexity index is 385. The van der Waals surface area contributed by atoms with Crippen LogP contribution in [0.1, 0.15) is 42.9 Å². The van der Waals surface area contributed by atoms with Gasteiger partial charge in [-0.1, -0.05) is 12.8 Å². The van der Waals surface area contributed by atoms with Crippen molar-refractivity contribution in [3.63, 3.8) is 0 Å². The van der Waals surface area contributed by atoms with Crippen molar-refractivity contribution in [2.45, 2.75) is 38.1 Å². The van der Waals surface area contributed by atoms with Crippen LogP contribution >= 0.6 is 0 Å². The molecule has 0 atom stereocenters. The highest BCUT2D eigenvalue weighted by atomic mass is 16.1. The van der Waals surface area contributed by atoms with Crippen LogP contribution in [-0.4, -0.2) is 16.8 Å². The minimum Gasteiger partial charge on any atom is -0.315 e. The van der Waals surface area contributed by atoms with Gasteiger partial charge in [-0.05, 0) is 19.9 Å². The van der Waals surface area contributed by atoms with E-state index in [4.69, 9.17) is 0 Å². The smallest absolute Gasteiger partial charge is 0.270 e. The normalized spacial score (nSPS) is 17.5. The summed E-state index contributed by atoms with van der Waals surface area (Å²) in [6.07, 6.45) is 5.02. The second-order valence-electron chi connectivity index (χ2n) is 4.38. The fourth-order valence-electron chi connectivity index (χ4n) is 2.52. The number of hydrogen-bond donors (Lipinski definition) is 2. The highest BCUT2D eigenvalue weighted by Crippen LogP contribution is 2.33. The van der Waals surface area contributed by atoms with E-state index in [9.17, 15) is 4.79 Å². The van der Waals surface area contributed by atoms with Crippen LogP contribution in [0, 0.1) is 0 Å². The van der Waals surface area contributed by atoms with Gasteiger partial charge in [0, 0.05) is 25.2 Å². The Kier molecular flexibility index (Phi) is 2.95. The third-order valence-electron chi connectivity index (χ3n) is 3.29. The minimum absolute atomic E-state index is 0.117. The maximum absolute atomic E-state index is 11.8. The van der Waals surface area contributed by atoms with Crippen LogP contribution in [0.15, 0.2) is 4.79 Å². The summed E-state index contributed by atoms with van der Waals surface area (Å²) in [6.45, 7) is 0.669. The van der Waals surface area contributed by atoms with Gasteiger partial charge in [-0.2, -0.15) is 0 Å². The molecule has 2 N–H and O–H groups in total. The van der Waals surface area contributed by atoms with Crippen molar-refractivity contribution in [2.24, 2.45) is 7.05 Å². The number of hydrogen-bond acceptors (Lipinski definition) is 2. The third kappa shape index (κ3) is 1.86. The lowest BCUT2D eigenvalue weighted by Crippen LogP contribution is -2.19. The molecular weight excluding hydrogens is 190 g/mol. The first-order valence-electron chi connectivity index (χ1n) is 5.66. The number of aromatic nitrogens is 2. The molecule has 1 saturated carbocycles. The van der Waals surface area contributed by atoms with Gasteiger partial charge in [0.05, 0.1) is 5.56 Å². The van der Waals surface area contributed by atoms with Gasteiger partial charge >= 0.3 is 0 Å². The van der Waals surface area contributed by atoms with Gasteiger partial charge in [-0.25, -0.2) is 0 Å². The standard InChI is InChI=1S/C11H19N3O/c1-12-7-9-10(8-5-3-4-6-8)13-14(2)11(9)15/h8,12-13H,3-7H2,1-2H3. The lowest BCUT2D eigenvalue weighted by atomic mass is 10.0. The topological polar surface area (TPSA) is 49.8 Å².